The molecule has 0 atom stereocenters. The third kappa shape index (κ3) is 4.10. The number of carbonyl (C=O) groups is 2. The van der Waals surface area contributed by atoms with E-state index in [0.29, 0.717) is 18.6 Å². The smallest absolute Gasteiger partial charge is 0.162 e. The van der Waals surface area contributed by atoms with Crippen molar-refractivity contribution in [2.75, 3.05) is 0 Å². The number of rotatable bonds is 8. The quantitative estimate of drug-likeness (QED) is 0.583. The van der Waals surface area contributed by atoms with Gasteiger partial charge in [-0.1, -0.05) is 63.8 Å². The lowest BCUT2D eigenvalue weighted by Crippen LogP contribution is -2.38. The van der Waals surface area contributed by atoms with Crippen molar-refractivity contribution in [2.45, 2.75) is 83.5 Å². The molecule has 2 rings (SSSR count). The predicted octanol–water partition coefficient (Wildman–Crippen LogP) is 5.63. The number of hydrogen-bond donors (Lipinski definition) is 0. The van der Waals surface area contributed by atoms with Gasteiger partial charge in [-0.2, -0.15) is 0 Å². The lowest BCUT2D eigenvalue weighted by Gasteiger charge is -2.36. The Kier molecular flexibility index (Phi) is 6.56. The average molecular weight is 314 g/mol. The summed E-state index contributed by atoms with van der Waals surface area (Å²) >= 11 is 0. The fourth-order valence-electron chi connectivity index (χ4n) is 3.81. The van der Waals surface area contributed by atoms with Gasteiger partial charge < -0.3 is 0 Å². The van der Waals surface area contributed by atoms with Crippen LogP contribution in [0.25, 0.3) is 0 Å². The summed E-state index contributed by atoms with van der Waals surface area (Å²) in [6.45, 7) is 4.16. The number of unbranched alkanes of at least 4 members (excludes halogenated alkanes) is 1. The first-order valence-electron chi connectivity index (χ1n) is 9.31. The van der Waals surface area contributed by atoms with Crippen LogP contribution in [0, 0.1) is 0 Å². The van der Waals surface area contributed by atoms with Crippen LogP contribution in [0.4, 0.5) is 0 Å². The first-order chi connectivity index (χ1) is 11.1. The minimum absolute atomic E-state index is 0.203. The fraction of sp³-hybridized carbons (Fsp3) is 0.619. The molecule has 1 aliphatic rings. The Morgan fingerprint density at radius 3 is 2.13 bits per heavy atom. The Morgan fingerprint density at radius 1 is 0.913 bits per heavy atom. The highest BCUT2D eigenvalue weighted by Crippen LogP contribution is 2.41. The molecular formula is C21H30O2. The zero-order chi connectivity index (χ0) is 16.7. The van der Waals surface area contributed by atoms with Gasteiger partial charge in [0.05, 0.1) is 5.41 Å². The van der Waals surface area contributed by atoms with E-state index >= 15 is 0 Å². The third-order valence-corrected chi connectivity index (χ3v) is 5.23. The van der Waals surface area contributed by atoms with E-state index < -0.39 is 0 Å². The van der Waals surface area contributed by atoms with Gasteiger partial charge in [0.1, 0.15) is 5.78 Å². The van der Waals surface area contributed by atoms with E-state index in [9.17, 15) is 9.59 Å². The van der Waals surface area contributed by atoms with Gasteiger partial charge in [-0.15, -0.1) is 0 Å². The molecule has 2 nitrogen and oxygen atoms in total. The summed E-state index contributed by atoms with van der Waals surface area (Å²) in [5, 5.41) is 0. The second-order valence-electron chi connectivity index (χ2n) is 6.92. The lowest BCUT2D eigenvalue weighted by molar-refractivity contribution is -0.126. The van der Waals surface area contributed by atoms with Crippen molar-refractivity contribution in [3.05, 3.63) is 35.4 Å². The standard InChI is InChI=1S/C21H30O2/c1-3-5-10-20(23)21(15-7-6-8-16-21)18-13-11-17(12-14-18)19(22)9-4-2/h11-14H,3-10,15-16H2,1-2H3. The third-order valence-electron chi connectivity index (χ3n) is 5.23. The second kappa shape index (κ2) is 8.42. The highest BCUT2D eigenvalue weighted by molar-refractivity contribution is 5.96. The number of benzene rings is 1. The largest absolute Gasteiger partial charge is 0.299 e. The van der Waals surface area contributed by atoms with E-state index in [2.05, 4.69) is 6.92 Å². The van der Waals surface area contributed by atoms with Gasteiger partial charge in [0.15, 0.2) is 5.78 Å². The summed E-state index contributed by atoms with van der Waals surface area (Å²) in [5.74, 6) is 0.612. The molecular weight excluding hydrogens is 284 g/mol. The van der Waals surface area contributed by atoms with E-state index in [4.69, 9.17) is 0 Å². The Morgan fingerprint density at radius 2 is 1.57 bits per heavy atom. The van der Waals surface area contributed by atoms with E-state index in [-0.39, 0.29) is 11.2 Å². The first-order valence-corrected chi connectivity index (χ1v) is 9.31. The van der Waals surface area contributed by atoms with Crippen molar-refractivity contribution in [3.8, 4) is 0 Å². The van der Waals surface area contributed by atoms with Crippen LogP contribution >= 0.6 is 0 Å². The summed E-state index contributed by atoms with van der Waals surface area (Å²) in [6, 6.07) is 7.93. The van der Waals surface area contributed by atoms with Crippen molar-refractivity contribution < 1.29 is 9.59 Å². The molecule has 23 heavy (non-hydrogen) atoms. The molecule has 1 fully saturated rings. The molecule has 2 heteroatoms. The van der Waals surface area contributed by atoms with E-state index in [1.54, 1.807) is 0 Å². The van der Waals surface area contributed by atoms with Crippen LogP contribution in [-0.4, -0.2) is 11.6 Å². The summed E-state index contributed by atoms with van der Waals surface area (Å²) in [4.78, 5) is 25.0. The minimum Gasteiger partial charge on any atom is -0.299 e. The van der Waals surface area contributed by atoms with Gasteiger partial charge in [-0.25, -0.2) is 0 Å². The molecule has 0 N–H and O–H groups in total. The number of Topliss-reactive ketones (excluding diaryl/α,β-unsaturated/α-hetero) is 2. The lowest BCUT2D eigenvalue weighted by atomic mass is 9.66. The molecule has 0 saturated heterocycles. The van der Waals surface area contributed by atoms with Gasteiger partial charge in [0.25, 0.3) is 0 Å². The summed E-state index contributed by atoms with van der Waals surface area (Å²) in [6.07, 6.45) is 9.64. The zero-order valence-corrected chi connectivity index (χ0v) is 14.7. The molecule has 0 unspecified atom stereocenters. The molecule has 1 aromatic carbocycles. The average Bonchev–Trinajstić information content (AvgIpc) is 2.60. The molecule has 1 saturated carbocycles. The highest BCUT2D eigenvalue weighted by atomic mass is 16.1. The zero-order valence-electron chi connectivity index (χ0n) is 14.7. The van der Waals surface area contributed by atoms with Crippen LogP contribution in [0.3, 0.4) is 0 Å². The summed E-state index contributed by atoms with van der Waals surface area (Å²) < 4.78 is 0. The van der Waals surface area contributed by atoms with Gasteiger partial charge in [0.2, 0.25) is 0 Å². The maximum Gasteiger partial charge on any atom is 0.162 e. The Labute approximate surface area is 140 Å². The van der Waals surface area contributed by atoms with Crippen LogP contribution in [0.1, 0.15) is 94.0 Å². The van der Waals surface area contributed by atoms with Gasteiger partial charge in [-0.05, 0) is 31.2 Å². The SMILES string of the molecule is CCCCC(=O)C1(c2ccc(C(=O)CCC)cc2)CCCCC1. The van der Waals surface area contributed by atoms with E-state index in [1.165, 1.54) is 6.42 Å². The molecule has 0 aromatic heterocycles. The molecule has 1 aromatic rings. The highest BCUT2D eigenvalue weighted by Gasteiger charge is 2.39. The molecule has 126 valence electrons. The van der Waals surface area contributed by atoms with Crippen LogP contribution in [0.2, 0.25) is 0 Å². The normalized spacial score (nSPS) is 17.0. The van der Waals surface area contributed by atoms with Gasteiger partial charge in [0, 0.05) is 18.4 Å². The van der Waals surface area contributed by atoms with Crippen LogP contribution in [0.5, 0.6) is 0 Å². The number of carbonyl (C=O) groups excluding carboxylic acids is 2. The predicted molar refractivity (Wildman–Crippen MR) is 95.0 cm³/mol. The van der Waals surface area contributed by atoms with Crippen molar-refractivity contribution in [3.63, 3.8) is 0 Å². The molecule has 1 aliphatic carbocycles. The van der Waals surface area contributed by atoms with Gasteiger partial charge in [-0.3, -0.25) is 9.59 Å². The maximum absolute atomic E-state index is 12.9. The van der Waals surface area contributed by atoms with E-state index in [0.717, 1.165) is 56.1 Å². The number of hydrogen-bond acceptors (Lipinski definition) is 2. The molecule has 0 heterocycles. The first kappa shape index (κ1) is 17.9. The summed E-state index contributed by atoms with van der Waals surface area (Å²) in [5.41, 5.74) is 1.62. The minimum atomic E-state index is -0.292. The number of ketones is 2. The van der Waals surface area contributed by atoms with Gasteiger partial charge >= 0.3 is 0 Å². The van der Waals surface area contributed by atoms with Crippen molar-refractivity contribution in [1.82, 2.24) is 0 Å². The summed E-state index contributed by atoms with van der Waals surface area (Å²) in [7, 11) is 0. The fourth-order valence-corrected chi connectivity index (χ4v) is 3.81. The van der Waals surface area contributed by atoms with Crippen molar-refractivity contribution in [2.24, 2.45) is 0 Å². The molecule has 0 spiro atoms. The van der Waals surface area contributed by atoms with Crippen molar-refractivity contribution >= 4 is 11.6 Å². The second-order valence-corrected chi connectivity index (χ2v) is 6.92. The van der Waals surface area contributed by atoms with Crippen LogP contribution < -0.4 is 0 Å². The monoisotopic (exact) mass is 314 g/mol. The van der Waals surface area contributed by atoms with E-state index in [1.807, 2.05) is 31.2 Å². The van der Waals surface area contributed by atoms with Crippen LogP contribution in [0.15, 0.2) is 24.3 Å². The molecule has 0 bridgehead atoms. The molecule has 0 aliphatic heterocycles. The van der Waals surface area contributed by atoms with Crippen molar-refractivity contribution in [1.29, 1.82) is 0 Å². The maximum atomic E-state index is 12.9. The topological polar surface area (TPSA) is 34.1 Å². The Hall–Kier alpha value is -1.44. The van der Waals surface area contributed by atoms with Crippen LogP contribution in [-0.2, 0) is 10.2 Å². The Balaban J connectivity index is 2.25. The molecule has 0 radical (unpaired) electrons. The molecule has 0 amide bonds. The Bertz CT molecular complexity index is 521.